The van der Waals surface area contributed by atoms with Crippen LogP contribution >= 0.6 is 0 Å². The molecule has 4 nitrogen and oxygen atoms in total. The molecule has 6 rings (SSSR count). The predicted octanol–water partition coefficient (Wildman–Crippen LogP) is 2.66. The highest BCUT2D eigenvalue weighted by atomic mass is 16.7. The maximum absolute atomic E-state index is 12.7. The zero-order valence-corrected chi connectivity index (χ0v) is 13.9. The van der Waals surface area contributed by atoms with Crippen molar-refractivity contribution in [3.63, 3.8) is 0 Å². The first-order valence-corrected chi connectivity index (χ1v) is 8.96. The zero-order chi connectivity index (χ0) is 16.0. The Balaban J connectivity index is 1.63. The van der Waals surface area contributed by atoms with Gasteiger partial charge < -0.3 is 9.47 Å². The van der Waals surface area contributed by atoms with Crippen LogP contribution in [0.25, 0.3) is 0 Å². The van der Waals surface area contributed by atoms with E-state index in [1.54, 1.807) is 6.92 Å². The Labute approximate surface area is 136 Å². The maximum Gasteiger partial charge on any atom is 0.171 e. The summed E-state index contributed by atoms with van der Waals surface area (Å²) in [6, 6.07) is 0. The Kier molecular flexibility index (Phi) is 2.59. The van der Waals surface area contributed by atoms with Gasteiger partial charge in [-0.3, -0.25) is 9.59 Å². The molecule has 5 aliphatic carbocycles. The first-order chi connectivity index (χ1) is 10.9. The van der Waals surface area contributed by atoms with Crippen molar-refractivity contribution < 1.29 is 19.1 Å². The first-order valence-electron chi connectivity index (χ1n) is 8.96. The highest BCUT2D eigenvalue weighted by molar-refractivity contribution is 6.00. The quantitative estimate of drug-likeness (QED) is 0.746. The molecule has 2 spiro atoms. The second-order valence-electron chi connectivity index (χ2n) is 8.55. The average molecular weight is 316 g/mol. The number of rotatable bonds is 1. The first kappa shape index (κ1) is 14.4. The Morgan fingerprint density at radius 1 is 1.26 bits per heavy atom. The normalized spacial score (nSPS) is 49.4. The fraction of sp³-hybridized carbons (Fsp3) is 0.789. The summed E-state index contributed by atoms with van der Waals surface area (Å²) in [5, 5.41) is 0. The standard InChI is InChI=1S/C19H24O4/c1-11(20)14-8-13-15-7-12-9-18(15,17(14,2)10-16(13)21)3-4-19(12)22-5-6-23-19/h8,12-13,15H,3-7,9-10H2,1-2H3/t12?,13-,15-,17+,18-/m1/s1. The van der Waals surface area contributed by atoms with E-state index in [4.69, 9.17) is 9.47 Å². The maximum atomic E-state index is 12.7. The van der Waals surface area contributed by atoms with Gasteiger partial charge in [0.1, 0.15) is 5.78 Å². The van der Waals surface area contributed by atoms with E-state index < -0.39 is 5.79 Å². The third-order valence-electron chi connectivity index (χ3n) is 7.93. The molecular weight excluding hydrogens is 292 g/mol. The molecule has 4 heteroatoms. The van der Waals surface area contributed by atoms with Gasteiger partial charge in [0.2, 0.25) is 0 Å². The van der Waals surface area contributed by atoms with E-state index in [-0.39, 0.29) is 22.5 Å². The Morgan fingerprint density at radius 3 is 2.70 bits per heavy atom. The van der Waals surface area contributed by atoms with Crippen molar-refractivity contribution in [2.75, 3.05) is 13.2 Å². The van der Waals surface area contributed by atoms with E-state index in [2.05, 4.69) is 6.92 Å². The lowest BCUT2D eigenvalue weighted by Crippen LogP contribution is -2.59. The van der Waals surface area contributed by atoms with Crippen molar-refractivity contribution in [1.29, 1.82) is 0 Å². The fourth-order valence-corrected chi connectivity index (χ4v) is 6.99. The minimum Gasteiger partial charge on any atom is -0.347 e. The van der Waals surface area contributed by atoms with Crippen LogP contribution in [0.15, 0.2) is 11.6 Å². The van der Waals surface area contributed by atoms with Gasteiger partial charge in [-0.05, 0) is 43.1 Å². The molecule has 1 aliphatic heterocycles. The minimum atomic E-state index is -0.405. The molecule has 6 aliphatic rings. The van der Waals surface area contributed by atoms with E-state index in [0.29, 0.717) is 37.3 Å². The highest BCUT2D eigenvalue weighted by Crippen LogP contribution is 2.74. The van der Waals surface area contributed by atoms with Gasteiger partial charge in [-0.2, -0.15) is 0 Å². The molecule has 124 valence electrons. The summed E-state index contributed by atoms with van der Waals surface area (Å²) in [6.07, 6.45) is 6.54. The van der Waals surface area contributed by atoms with E-state index >= 15 is 0 Å². The molecular formula is C19H24O4. The van der Waals surface area contributed by atoms with Crippen molar-refractivity contribution in [3.05, 3.63) is 11.6 Å². The average Bonchev–Trinajstić information content (AvgIpc) is 3.07. The van der Waals surface area contributed by atoms with Gasteiger partial charge in [0.15, 0.2) is 11.6 Å². The minimum absolute atomic E-state index is 0.0581. The van der Waals surface area contributed by atoms with Crippen molar-refractivity contribution in [1.82, 2.24) is 0 Å². The molecule has 4 bridgehead atoms. The molecule has 0 N–H and O–H groups in total. The van der Waals surface area contributed by atoms with Crippen LogP contribution in [0.2, 0.25) is 0 Å². The lowest BCUT2D eigenvalue weighted by molar-refractivity contribution is -0.222. The number of Topliss-reactive ketones (excluding diaryl/α,β-unsaturated/α-hetero) is 2. The molecule has 3 saturated carbocycles. The molecule has 0 amide bonds. The number of fused-ring (bicyclic) bond motifs is 3. The third kappa shape index (κ3) is 1.46. The van der Waals surface area contributed by atoms with Gasteiger partial charge in [0.05, 0.1) is 13.2 Å². The lowest BCUT2D eigenvalue weighted by atomic mass is 9.42. The summed E-state index contributed by atoms with van der Waals surface area (Å²) < 4.78 is 12.1. The van der Waals surface area contributed by atoms with Crippen LogP contribution in [0.1, 0.15) is 46.0 Å². The summed E-state index contributed by atoms with van der Waals surface area (Å²) in [6.45, 7) is 5.21. The van der Waals surface area contributed by atoms with Crippen LogP contribution in [0.5, 0.6) is 0 Å². The molecule has 4 fully saturated rings. The van der Waals surface area contributed by atoms with Gasteiger partial charge in [0.25, 0.3) is 0 Å². The summed E-state index contributed by atoms with van der Waals surface area (Å²) in [5.41, 5.74) is 0.722. The number of ketones is 2. The van der Waals surface area contributed by atoms with Crippen molar-refractivity contribution in [2.45, 2.75) is 51.7 Å². The number of ether oxygens (including phenoxy) is 2. The fourth-order valence-electron chi connectivity index (χ4n) is 6.99. The van der Waals surface area contributed by atoms with Crippen molar-refractivity contribution >= 4 is 11.6 Å². The summed E-state index contributed by atoms with van der Waals surface area (Å²) in [4.78, 5) is 24.9. The Morgan fingerprint density at radius 2 is 2.00 bits per heavy atom. The molecule has 1 heterocycles. The topological polar surface area (TPSA) is 52.6 Å². The summed E-state index contributed by atoms with van der Waals surface area (Å²) in [5.74, 6) is 0.762. The van der Waals surface area contributed by atoms with Gasteiger partial charge in [-0.15, -0.1) is 0 Å². The van der Waals surface area contributed by atoms with Gasteiger partial charge in [0, 0.05) is 30.1 Å². The molecule has 5 atom stereocenters. The van der Waals surface area contributed by atoms with Crippen molar-refractivity contribution in [3.8, 4) is 0 Å². The van der Waals surface area contributed by atoms with Crippen LogP contribution in [0.3, 0.4) is 0 Å². The Hall–Kier alpha value is -1.00. The number of hydrogen-bond donors (Lipinski definition) is 0. The third-order valence-corrected chi connectivity index (χ3v) is 7.93. The largest absolute Gasteiger partial charge is 0.347 e. The molecule has 0 aromatic carbocycles. The number of allylic oxidation sites excluding steroid dienone is 2. The van der Waals surface area contributed by atoms with Crippen LogP contribution in [-0.2, 0) is 19.1 Å². The molecule has 23 heavy (non-hydrogen) atoms. The molecule has 0 radical (unpaired) electrons. The second-order valence-corrected chi connectivity index (χ2v) is 8.55. The smallest absolute Gasteiger partial charge is 0.171 e. The number of hydrogen-bond acceptors (Lipinski definition) is 4. The summed E-state index contributed by atoms with van der Waals surface area (Å²) in [7, 11) is 0. The van der Waals surface area contributed by atoms with Crippen LogP contribution in [0, 0.1) is 28.6 Å². The SMILES string of the molecule is CC(=O)C1=C[C@H]2C(=O)C[C@]1(C)[C@@]13CCC4(OCCO4)C(C[C@H]21)C3. The molecule has 1 unspecified atom stereocenters. The van der Waals surface area contributed by atoms with E-state index in [0.717, 1.165) is 31.3 Å². The molecule has 0 aromatic rings. The number of carbonyl (C=O) groups excluding carboxylic acids is 2. The monoisotopic (exact) mass is 316 g/mol. The van der Waals surface area contributed by atoms with E-state index in [1.807, 2.05) is 6.08 Å². The van der Waals surface area contributed by atoms with Crippen molar-refractivity contribution in [2.24, 2.45) is 28.6 Å². The van der Waals surface area contributed by atoms with Crippen LogP contribution in [0.4, 0.5) is 0 Å². The van der Waals surface area contributed by atoms with E-state index in [1.165, 1.54) is 0 Å². The lowest BCUT2D eigenvalue weighted by Gasteiger charge is -2.61. The van der Waals surface area contributed by atoms with Crippen LogP contribution in [-0.4, -0.2) is 30.6 Å². The molecule has 0 aromatic heterocycles. The molecule has 1 saturated heterocycles. The Bertz CT molecular complexity index is 644. The van der Waals surface area contributed by atoms with E-state index in [9.17, 15) is 9.59 Å². The summed E-state index contributed by atoms with van der Waals surface area (Å²) >= 11 is 0. The highest BCUT2D eigenvalue weighted by Gasteiger charge is 2.72. The van der Waals surface area contributed by atoms with Gasteiger partial charge in [-0.1, -0.05) is 13.0 Å². The van der Waals surface area contributed by atoms with Gasteiger partial charge >= 0.3 is 0 Å². The van der Waals surface area contributed by atoms with Crippen LogP contribution < -0.4 is 0 Å². The predicted molar refractivity (Wildman–Crippen MR) is 82.5 cm³/mol. The number of carbonyl (C=O) groups is 2. The van der Waals surface area contributed by atoms with Gasteiger partial charge in [-0.25, -0.2) is 0 Å². The second kappa shape index (κ2) is 4.15. The zero-order valence-electron chi connectivity index (χ0n) is 13.9.